The van der Waals surface area contributed by atoms with Crippen LogP contribution >= 0.6 is 11.8 Å². The summed E-state index contributed by atoms with van der Waals surface area (Å²) in [5, 5.41) is 3.29. The summed E-state index contributed by atoms with van der Waals surface area (Å²) in [5.41, 5.74) is 1.95. The van der Waals surface area contributed by atoms with Crippen molar-refractivity contribution in [3.63, 3.8) is 0 Å². The number of fused-ring (bicyclic) bond motifs is 1. The molecule has 0 aliphatic heterocycles. The van der Waals surface area contributed by atoms with Gasteiger partial charge in [0.05, 0.1) is 18.7 Å². The quantitative estimate of drug-likeness (QED) is 0.410. The van der Waals surface area contributed by atoms with Crippen LogP contribution in [-0.4, -0.2) is 25.4 Å². The molecule has 26 heavy (non-hydrogen) atoms. The normalized spacial score (nSPS) is 11.0. The largest absolute Gasteiger partial charge is 0.359 e. The second-order valence-electron chi connectivity index (χ2n) is 5.64. The van der Waals surface area contributed by atoms with Crippen molar-refractivity contribution < 1.29 is 4.39 Å². The minimum absolute atomic E-state index is 0.235. The van der Waals surface area contributed by atoms with Crippen LogP contribution < -0.4 is 5.32 Å². The summed E-state index contributed by atoms with van der Waals surface area (Å²) in [7, 11) is 0. The topological polar surface area (TPSA) is 55.6 Å². The fraction of sp³-hybridized carbons (Fsp3) is 0.105. The van der Waals surface area contributed by atoms with Crippen LogP contribution in [0.25, 0.3) is 11.2 Å². The first-order valence-electron chi connectivity index (χ1n) is 8.12. The Bertz CT molecular complexity index is 1020. The van der Waals surface area contributed by atoms with Gasteiger partial charge in [0, 0.05) is 10.5 Å². The third kappa shape index (κ3) is 3.52. The highest BCUT2D eigenvalue weighted by atomic mass is 32.2. The third-order valence-electron chi connectivity index (χ3n) is 3.92. The van der Waals surface area contributed by atoms with Crippen molar-refractivity contribution in [2.45, 2.75) is 11.4 Å². The fourth-order valence-electron chi connectivity index (χ4n) is 2.64. The molecule has 0 aliphatic rings. The Morgan fingerprint density at radius 2 is 1.77 bits per heavy atom. The number of anilines is 1. The average molecular weight is 365 g/mol. The lowest BCUT2D eigenvalue weighted by atomic mass is 10.2. The highest BCUT2D eigenvalue weighted by Crippen LogP contribution is 2.22. The van der Waals surface area contributed by atoms with Crippen molar-refractivity contribution >= 4 is 28.7 Å². The van der Waals surface area contributed by atoms with E-state index in [1.165, 1.54) is 17.3 Å². The van der Waals surface area contributed by atoms with Crippen LogP contribution in [0.3, 0.4) is 0 Å². The lowest BCUT2D eigenvalue weighted by Gasteiger charge is -2.07. The number of imidazole rings is 1. The smallest absolute Gasteiger partial charge is 0.165 e. The van der Waals surface area contributed by atoms with Gasteiger partial charge < -0.3 is 9.88 Å². The van der Waals surface area contributed by atoms with Crippen LogP contribution in [0.5, 0.6) is 0 Å². The summed E-state index contributed by atoms with van der Waals surface area (Å²) < 4.78 is 15.7. The molecule has 0 unspecified atom stereocenters. The van der Waals surface area contributed by atoms with Crippen LogP contribution in [0.15, 0.2) is 72.1 Å². The van der Waals surface area contributed by atoms with Crippen LogP contribution in [-0.2, 0) is 6.54 Å². The van der Waals surface area contributed by atoms with Crippen molar-refractivity contribution in [3.8, 4) is 0 Å². The van der Waals surface area contributed by atoms with E-state index < -0.39 is 0 Å². The number of halogens is 1. The Morgan fingerprint density at radius 3 is 2.62 bits per heavy atom. The maximum Gasteiger partial charge on any atom is 0.165 e. The zero-order valence-electron chi connectivity index (χ0n) is 13.8. The molecule has 1 N–H and O–H groups in total. The van der Waals surface area contributed by atoms with Gasteiger partial charge in [-0.05, 0) is 18.2 Å². The van der Waals surface area contributed by atoms with Gasteiger partial charge in [-0.15, -0.1) is 11.8 Å². The van der Waals surface area contributed by atoms with Crippen molar-refractivity contribution in [1.82, 2.24) is 19.5 Å². The van der Waals surface area contributed by atoms with Gasteiger partial charge >= 0.3 is 0 Å². The van der Waals surface area contributed by atoms with Gasteiger partial charge in [0.25, 0.3) is 0 Å². The number of hydrogen-bond donors (Lipinski definition) is 1. The Hall–Kier alpha value is -2.93. The van der Waals surface area contributed by atoms with E-state index in [1.54, 1.807) is 30.2 Å². The molecule has 0 saturated heterocycles. The predicted molar refractivity (Wildman–Crippen MR) is 102 cm³/mol. The summed E-state index contributed by atoms with van der Waals surface area (Å²) >= 11 is 1.68. The van der Waals surface area contributed by atoms with E-state index in [2.05, 4.69) is 32.4 Å². The van der Waals surface area contributed by atoms with Gasteiger partial charge in [0.1, 0.15) is 17.7 Å². The van der Waals surface area contributed by atoms with Gasteiger partial charge in [-0.2, -0.15) is 0 Å². The van der Waals surface area contributed by atoms with E-state index in [0.29, 0.717) is 35.0 Å². The van der Waals surface area contributed by atoms with E-state index in [-0.39, 0.29) is 5.82 Å². The maximum atomic E-state index is 13.9. The second kappa shape index (κ2) is 7.53. The van der Waals surface area contributed by atoms with Crippen molar-refractivity contribution in [3.05, 3.63) is 78.6 Å². The van der Waals surface area contributed by atoms with Gasteiger partial charge in [0.2, 0.25) is 0 Å². The number of nitrogens with one attached hydrogen (secondary N) is 1. The van der Waals surface area contributed by atoms with Crippen molar-refractivity contribution in [2.75, 3.05) is 11.2 Å². The molecule has 4 rings (SSSR count). The molecule has 4 aromatic rings. The standard InChI is InChI=1S/C19H16FN5S/c20-16-9-5-4-6-14(16)10-25-12-23-17-18(21-11-22-19(17)25)24-13-26-15-7-2-1-3-8-15/h1-9,11-12H,10,13H2,(H,21,22,24). The third-order valence-corrected chi connectivity index (χ3v) is 4.82. The first kappa shape index (κ1) is 16.5. The molecule has 0 amide bonds. The molecule has 130 valence electrons. The SMILES string of the molecule is Fc1ccccc1Cn1cnc2c(NCSc3ccccc3)ncnc21. The van der Waals surface area contributed by atoms with Gasteiger partial charge in [-0.25, -0.2) is 19.3 Å². The minimum Gasteiger partial charge on any atom is -0.359 e. The summed E-state index contributed by atoms with van der Waals surface area (Å²) in [5.74, 6) is 1.10. The first-order valence-corrected chi connectivity index (χ1v) is 9.11. The molecule has 0 radical (unpaired) electrons. The van der Waals surface area contributed by atoms with E-state index in [0.717, 1.165) is 0 Å². The maximum absolute atomic E-state index is 13.9. The van der Waals surface area contributed by atoms with Crippen LogP contribution in [0, 0.1) is 5.82 Å². The molecule has 2 aromatic heterocycles. The first-order chi connectivity index (χ1) is 12.8. The molecule has 0 spiro atoms. The molecule has 0 fully saturated rings. The van der Waals surface area contributed by atoms with Crippen LogP contribution in [0.2, 0.25) is 0 Å². The number of nitrogens with zero attached hydrogens (tertiary/aromatic N) is 4. The fourth-order valence-corrected chi connectivity index (χ4v) is 3.37. The van der Waals surface area contributed by atoms with Gasteiger partial charge in [0.15, 0.2) is 11.5 Å². The monoisotopic (exact) mass is 365 g/mol. The molecule has 0 atom stereocenters. The molecular formula is C19H16FN5S. The molecule has 0 bridgehead atoms. The van der Waals surface area contributed by atoms with E-state index >= 15 is 0 Å². The number of hydrogen-bond acceptors (Lipinski definition) is 5. The highest BCUT2D eigenvalue weighted by Gasteiger charge is 2.11. The molecule has 2 aromatic carbocycles. The van der Waals surface area contributed by atoms with Gasteiger partial charge in [-0.1, -0.05) is 36.4 Å². The average Bonchev–Trinajstić information content (AvgIpc) is 3.08. The van der Waals surface area contributed by atoms with Crippen molar-refractivity contribution in [1.29, 1.82) is 0 Å². The molecule has 0 saturated carbocycles. The summed E-state index contributed by atoms with van der Waals surface area (Å²) in [6.07, 6.45) is 3.17. The summed E-state index contributed by atoms with van der Waals surface area (Å²) in [4.78, 5) is 14.2. The Morgan fingerprint density at radius 1 is 0.962 bits per heavy atom. The molecule has 5 nitrogen and oxygen atoms in total. The van der Waals surface area contributed by atoms with Crippen LogP contribution in [0.1, 0.15) is 5.56 Å². The van der Waals surface area contributed by atoms with Crippen molar-refractivity contribution in [2.24, 2.45) is 0 Å². The summed E-state index contributed by atoms with van der Waals surface area (Å²) in [6.45, 7) is 0.373. The Balaban J connectivity index is 1.52. The Kier molecular flexibility index (Phi) is 4.79. The van der Waals surface area contributed by atoms with E-state index in [4.69, 9.17) is 0 Å². The zero-order chi connectivity index (χ0) is 17.8. The lowest BCUT2D eigenvalue weighted by Crippen LogP contribution is -2.04. The van der Waals surface area contributed by atoms with E-state index in [1.807, 2.05) is 28.8 Å². The summed E-state index contributed by atoms with van der Waals surface area (Å²) in [6, 6.07) is 16.9. The van der Waals surface area contributed by atoms with Gasteiger partial charge in [-0.3, -0.25) is 0 Å². The highest BCUT2D eigenvalue weighted by molar-refractivity contribution is 7.99. The molecule has 7 heteroatoms. The number of thioether (sulfide) groups is 1. The van der Waals surface area contributed by atoms with Crippen LogP contribution in [0.4, 0.5) is 10.2 Å². The number of aromatic nitrogens is 4. The molecular weight excluding hydrogens is 349 g/mol. The lowest BCUT2D eigenvalue weighted by molar-refractivity contribution is 0.601. The number of benzene rings is 2. The molecule has 2 heterocycles. The molecule has 0 aliphatic carbocycles. The minimum atomic E-state index is -0.235. The second-order valence-corrected chi connectivity index (χ2v) is 6.69. The Labute approximate surface area is 154 Å². The zero-order valence-corrected chi connectivity index (χ0v) is 14.7. The number of rotatable bonds is 6. The predicted octanol–water partition coefficient (Wildman–Crippen LogP) is 4.18. The van der Waals surface area contributed by atoms with E-state index in [9.17, 15) is 4.39 Å².